The van der Waals surface area contributed by atoms with E-state index in [2.05, 4.69) is 17.2 Å². The quantitative estimate of drug-likeness (QED) is 0.830. The molecule has 0 saturated carbocycles. The summed E-state index contributed by atoms with van der Waals surface area (Å²) < 4.78 is 13.1. The molecule has 0 radical (unpaired) electrons. The van der Waals surface area contributed by atoms with Crippen LogP contribution in [0.15, 0.2) is 48.5 Å². The molecule has 1 atom stereocenters. The molecule has 0 bridgehead atoms. The number of carbonyl (C=O) groups is 2. The van der Waals surface area contributed by atoms with Gasteiger partial charge in [0.25, 0.3) is 0 Å². The second kappa shape index (κ2) is 8.57. The number of carbonyl (C=O) groups excluding carboxylic acids is 2. The van der Waals surface area contributed by atoms with Crippen LogP contribution in [0.5, 0.6) is 0 Å². The summed E-state index contributed by atoms with van der Waals surface area (Å²) in [6.45, 7) is 0.495. The number of rotatable bonds is 4. The fourth-order valence-corrected chi connectivity index (χ4v) is 3.14. The Morgan fingerprint density at radius 3 is 2.64 bits per heavy atom. The number of para-hydroxylation sites is 1. The monoisotopic (exact) mass is 379 g/mol. The highest BCUT2D eigenvalue weighted by Crippen LogP contribution is 2.25. The molecule has 2 amide bonds. The van der Waals surface area contributed by atoms with Gasteiger partial charge < -0.3 is 15.1 Å². The van der Waals surface area contributed by atoms with Gasteiger partial charge in [-0.3, -0.25) is 9.59 Å². The summed E-state index contributed by atoms with van der Waals surface area (Å²) in [5, 5.41) is 2.78. The Morgan fingerprint density at radius 2 is 1.93 bits per heavy atom. The van der Waals surface area contributed by atoms with E-state index in [0.29, 0.717) is 5.69 Å². The Kier molecular flexibility index (Phi) is 5.95. The topological polar surface area (TPSA) is 52.7 Å². The maximum atomic E-state index is 13.1. The molecule has 1 unspecified atom stereocenters. The van der Waals surface area contributed by atoms with Gasteiger partial charge in [0.1, 0.15) is 5.82 Å². The molecule has 1 aliphatic heterocycles. The van der Waals surface area contributed by atoms with Gasteiger partial charge in [-0.2, -0.15) is 0 Å². The van der Waals surface area contributed by atoms with Crippen LogP contribution in [0.4, 0.5) is 15.8 Å². The van der Waals surface area contributed by atoms with Crippen LogP contribution < -0.4 is 15.1 Å². The lowest BCUT2D eigenvalue weighted by Crippen LogP contribution is -2.33. The zero-order valence-corrected chi connectivity index (χ0v) is 15.9. The minimum Gasteiger partial charge on any atom is -0.377 e. The van der Waals surface area contributed by atoms with Gasteiger partial charge in [0.2, 0.25) is 11.8 Å². The lowest BCUT2D eigenvalue weighted by molar-refractivity contribution is -0.126. The minimum absolute atomic E-state index is 0.139. The molecule has 1 fully saturated rings. The van der Waals surface area contributed by atoms with E-state index in [0.717, 1.165) is 11.3 Å². The first-order valence-electron chi connectivity index (χ1n) is 9.04. The zero-order chi connectivity index (χ0) is 20.1. The molecule has 6 heteroatoms. The van der Waals surface area contributed by atoms with Crippen LogP contribution in [-0.2, 0) is 9.59 Å². The predicted octanol–water partition coefficient (Wildman–Crippen LogP) is 2.41. The number of hydrogen-bond donors (Lipinski definition) is 1. The summed E-state index contributed by atoms with van der Waals surface area (Å²) in [6, 6.07) is 13.5. The summed E-state index contributed by atoms with van der Waals surface area (Å²) in [4.78, 5) is 28.1. The van der Waals surface area contributed by atoms with Crippen LogP contribution in [0.1, 0.15) is 12.0 Å². The maximum Gasteiger partial charge on any atom is 0.227 e. The number of halogens is 1. The van der Waals surface area contributed by atoms with Gasteiger partial charge >= 0.3 is 0 Å². The smallest absolute Gasteiger partial charge is 0.227 e. The molecule has 1 saturated heterocycles. The largest absolute Gasteiger partial charge is 0.377 e. The first-order chi connectivity index (χ1) is 13.5. The van der Waals surface area contributed by atoms with Crippen LogP contribution in [0.3, 0.4) is 0 Å². The number of benzene rings is 2. The van der Waals surface area contributed by atoms with E-state index in [-0.39, 0.29) is 37.1 Å². The minimum atomic E-state index is -0.437. The van der Waals surface area contributed by atoms with Crippen molar-refractivity contribution in [2.75, 3.05) is 37.0 Å². The summed E-state index contributed by atoms with van der Waals surface area (Å²) >= 11 is 0. The first kappa shape index (κ1) is 19.4. The molecule has 28 heavy (non-hydrogen) atoms. The molecule has 1 heterocycles. The SMILES string of the molecule is CN(C)c1ccccc1C#CCNC(=O)C1CC(=O)N(c2ccc(F)cc2)C1. The highest BCUT2D eigenvalue weighted by molar-refractivity contribution is 6.00. The van der Waals surface area contributed by atoms with E-state index in [4.69, 9.17) is 0 Å². The molecule has 1 N–H and O–H groups in total. The Balaban J connectivity index is 1.57. The highest BCUT2D eigenvalue weighted by atomic mass is 19.1. The van der Waals surface area contributed by atoms with Crippen molar-refractivity contribution in [3.8, 4) is 11.8 Å². The zero-order valence-electron chi connectivity index (χ0n) is 15.9. The van der Waals surface area contributed by atoms with Crippen LogP contribution in [0, 0.1) is 23.6 Å². The van der Waals surface area contributed by atoms with E-state index in [1.807, 2.05) is 43.3 Å². The third-order valence-electron chi connectivity index (χ3n) is 4.59. The molecule has 3 rings (SSSR count). The van der Waals surface area contributed by atoms with Gasteiger partial charge in [-0.1, -0.05) is 24.0 Å². The third kappa shape index (κ3) is 4.49. The molecule has 2 aromatic carbocycles. The van der Waals surface area contributed by atoms with Gasteiger partial charge in [-0.25, -0.2) is 4.39 Å². The fourth-order valence-electron chi connectivity index (χ4n) is 3.14. The van der Waals surface area contributed by atoms with Crippen molar-refractivity contribution in [1.82, 2.24) is 5.32 Å². The van der Waals surface area contributed by atoms with Crippen molar-refractivity contribution in [2.24, 2.45) is 5.92 Å². The van der Waals surface area contributed by atoms with Crippen LogP contribution >= 0.6 is 0 Å². The number of hydrogen-bond acceptors (Lipinski definition) is 3. The van der Waals surface area contributed by atoms with Gasteiger partial charge in [0, 0.05) is 38.3 Å². The Bertz CT molecular complexity index is 929. The second-order valence-corrected chi connectivity index (χ2v) is 6.81. The van der Waals surface area contributed by atoms with Crippen molar-refractivity contribution in [1.29, 1.82) is 0 Å². The lowest BCUT2D eigenvalue weighted by atomic mass is 10.1. The van der Waals surface area contributed by atoms with Crippen LogP contribution in [0.2, 0.25) is 0 Å². The van der Waals surface area contributed by atoms with Gasteiger partial charge in [-0.15, -0.1) is 0 Å². The lowest BCUT2D eigenvalue weighted by Gasteiger charge is -2.16. The standard InChI is InChI=1S/C22H22FN3O2/c1-25(2)20-8-4-3-6-16(20)7-5-13-24-22(28)17-14-21(27)26(15-17)19-11-9-18(23)10-12-19/h3-4,6,8-12,17H,13-15H2,1-2H3,(H,24,28). The van der Waals surface area contributed by atoms with Crippen molar-refractivity contribution in [3.63, 3.8) is 0 Å². The van der Waals surface area contributed by atoms with Crippen molar-refractivity contribution in [2.45, 2.75) is 6.42 Å². The molecular formula is C22H22FN3O2. The van der Waals surface area contributed by atoms with E-state index in [9.17, 15) is 14.0 Å². The van der Waals surface area contributed by atoms with Gasteiger partial charge in [0.05, 0.1) is 18.2 Å². The Morgan fingerprint density at radius 1 is 1.21 bits per heavy atom. The number of anilines is 2. The Labute approximate surface area is 164 Å². The number of nitrogens with zero attached hydrogens (tertiary/aromatic N) is 2. The fraction of sp³-hybridized carbons (Fsp3) is 0.273. The van der Waals surface area contributed by atoms with E-state index < -0.39 is 5.92 Å². The second-order valence-electron chi connectivity index (χ2n) is 6.81. The van der Waals surface area contributed by atoms with Crippen molar-refractivity contribution >= 4 is 23.2 Å². The van der Waals surface area contributed by atoms with Crippen LogP contribution in [0.25, 0.3) is 0 Å². The predicted molar refractivity (Wildman–Crippen MR) is 108 cm³/mol. The van der Waals surface area contributed by atoms with E-state index in [1.165, 1.54) is 17.0 Å². The molecular weight excluding hydrogens is 357 g/mol. The molecule has 0 spiro atoms. The summed E-state index contributed by atoms with van der Waals surface area (Å²) in [5.74, 6) is 4.89. The molecule has 144 valence electrons. The normalized spacial score (nSPS) is 15.8. The first-order valence-corrected chi connectivity index (χ1v) is 9.04. The van der Waals surface area contributed by atoms with E-state index >= 15 is 0 Å². The Hall–Kier alpha value is -3.33. The molecule has 2 aromatic rings. The average molecular weight is 379 g/mol. The molecule has 0 aliphatic carbocycles. The van der Waals surface area contributed by atoms with Gasteiger partial charge in [-0.05, 0) is 36.4 Å². The molecule has 0 aromatic heterocycles. The maximum absolute atomic E-state index is 13.1. The van der Waals surface area contributed by atoms with Gasteiger partial charge in [0.15, 0.2) is 0 Å². The summed E-state index contributed by atoms with van der Waals surface area (Å²) in [7, 11) is 3.90. The van der Waals surface area contributed by atoms with Crippen molar-refractivity contribution in [3.05, 3.63) is 59.9 Å². The number of nitrogens with one attached hydrogen (secondary N) is 1. The van der Waals surface area contributed by atoms with E-state index in [1.54, 1.807) is 12.1 Å². The van der Waals surface area contributed by atoms with Crippen molar-refractivity contribution < 1.29 is 14.0 Å². The molecule has 5 nitrogen and oxygen atoms in total. The summed E-state index contributed by atoms with van der Waals surface area (Å²) in [5.41, 5.74) is 2.50. The molecule has 1 aliphatic rings. The average Bonchev–Trinajstić information content (AvgIpc) is 3.07. The highest BCUT2D eigenvalue weighted by Gasteiger charge is 2.34. The summed E-state index contributed by atoms with van der Waals surface area (Å²) in [6.07, 6.45) is 0.139. The number of amides is 2. The van der Waals surface area contributed by atoms with Crippen LogP contribution in [-0.4, -0.2) is 39.0 Å². The third-order valence-corrected chi connectivity index (χ3v) is 4.59.